The molecule has 0 aliphatic heterocycles. The average molecular weight is 260 g/mol. The Hall–Kier alpha value is -2.10. The SMILES string of the molecule is CCCC1=Cc2cc(OC)cc(OC)c2C(=O)C1=O. The molecule has 0 bridgehead atoms. The van der Waals surface area contributed by atoms with E-state index in [2.05, 4.69) is 0 Å². The molecule has 1 aliphatic rings. The second-order valence-electron chi connectivity index (χ2n) is 4.37. The maximum atomic E-state index is 12.2. The van der Waals surface area contributed by atoms with E-state index < -0.39 is 11.6 Å². The molecule has 0 saturated heterocycles. The monoisotopic (exact) mass is 260 g/mol. The van der Waals surface area contributed by atoms with E-state index in [9.17, 15) is 9.59 Å². The second kappa shape index (κ2) is 5.26. The highest BCUT2D eigenvalue weighted by atomic mass is 16.5. The third-order valence-electron chi connectivity index (χ3n) is 3.14. The molecular formula is C15H16O4. The molecule has 0 amide bonds. The summed E-state index contributed by atoms with van der Waals surface area (Å²) in [4.78, 5) is 24.2. The number of carbonyl (C=O) groups excluding carboxylic acids is 2. The van der Waals surface area contributed by atoms with E-state index >= 15 is 0 Å². The molecule has 1 aromatic carbocycles. The van der Waals surface area contributed by atoms with Crippen molar-refractivity contribution in [3.8, 4) is 11.5 Å². The average Bonchev–Trinajstić information content (AvgIpc) is 2.43. The third kappa shape index (κ3) is 2.26. The van der Waals surface area contributed by atoms with Gasteiger partial charge in [-0.1, -0.05) is 13.3 Å². The van der Waals surface area contributed by atoms with Crippen molar-refractivity contribution in [2.45, 2.75) is 19.8 Å². The maximum Gasteiger partial charge on any atom is 0.237 e. The van der Waals surface area contributed by atoms with Crippen LogP contribution in [0.5, 0.6) is 11.5 Å². The first-order valence-electron chi connectivity index (χ1n) is 6.18. The molecular weight excluding hydrogens is 244 g/mol. The van der Waals surface area contributed by atoms with Gasteiger partial charge in [0, 0.05) is 11.6 Å². The fourth-order valence-electron chi connectivity index (χ4n) is 2.21. The largest absolute Gasteiger partial charge is 0.497 e. The van der Waals surface area contributed by atoms with Crippen molar-refractivity contribution in [2.24, 2.45) is 0 Å². The van der Waals surface area contributed by atoms with Crippen molar-refractivity contribution >= 4 is 17.6 Å². The van der Waals surface area contributed by atoms with Crippen LogP contribution in [-0.2, 0) is 4.79 Å². The van der Waals surface area contributed by atoms with Gasteiger partial charge in [-0.15, -0.1) is 0 Å². The fourth-order valence-corrected chi connectivity index (χ4v) is 2.21. The van der Waals surface area contributed by atoms with Crippen molar-refractivity contribution < 1.29 is 19.1 Å². The summed E-state index contributed by atoms with van der Waals surface area (Å²) >= 11 is 0. The molecule has 0 spiro atoms. The van der Waals surface area contributed by atoms with E-state index in [0.29, 0.717) is 34.6 Å². The molecule has 0 unspecified atom stereocenters. The minimum absolute atomic E-state index is 0.327. The van der Waals surface area contributed by atoms with Crippen LogP contribution in [0.15, 0.2) is 17.7 Å². The Kier molecular flexibility index (Phi) is 3.69. The van der Waals surface area contributed by atoms with Crippen molar-refractivity contribution in [3.05, 3.63) is 28.8 Å². The zero-order valence-electron chi connectivity index (χ0n) is 11.3. The predicted octanol–water partition coefficient (Wildman–Crippen LogP) is 2.65. The fraction of sp³-hybridized carbons (Fsp3) is 0.333. The van der Waals surface area contributed by atoms with E-state index in [1.54, 1.807) is 25.3 Å². The summed E-state index contributed by atoms with van der Waals surface area (Å²) in [7, 11) is 3.02. The number of allylic oxidation sites excluding steroid dienone is 1. The van der Waals surface area contributed by atoms with E-state index in [4.69, 9.17) is 9.47 Å². The van der Waals surface area contributed by atoms with Gasteiger partial charge in [0.2, 0.25) is 11.6 Å². The van der Waals surface area contributed by atoms with Crippen molar-refractivity contribution in [1.82, 2.24) is 0 Å². The standard InChI is InChI=1S/C15H16O4/c1-4-5-9-6-10-7-11(18-2)8-12(19-3)13(10)15(17)14(9)16/h6-8H,4-5H2,1-3H3. The van der Waals surface area contributed by atoms with Crippen LogP contribution in [0.1, 0.15) is 35.7 Å². The number of hydrogen-bond donors (Lipinski definition) is 0. The number of carbonyl (C=O) groups is 2. The van der Waals surface area contributed by atoms with Gasteiger partial charge in [-0.3, -0.25) is 9.59 Å². The number of benzene rings is 1. The Bertz CT molecular complexity index is 570. The summed E-state index contributed by atoms with van der Waals surface area (Å²) in [5, 5.41) is 0. The normalized spacial score (nSPS) is 13.9. The molecule has 0 aromatic heterocycles. The number of fused-ring (bicyclic) bond motifs is 1. The zero-order chi connectivity index (χ0) is 14.0. The van der Waals surface area contributed by atoms with E-state index in [1.165, 1.54) is 7.11 Å². The number of hydrogen-bond acceptors (Lipinski definition) is 4. The van der Waals surface area contributed by atoms with Gasteiger partial charge in [-0.05, 0) is 24.1 Å². The molecule has 4 heteroatoms. The van der Waals surface area contributed by atoms with Crippen LogP contribution in [-0.4, -0.2) is 25.8 Å². The van der Waals surface area contributed by atoms with Crippen molar-refractivity contribution in [3.63, 3.8) is 0 Å². The molecule has 2 rings (SSSR count). The predicted molar refractivity (Wildman–Crippen MR) is 71.8 cm³/mol. The lowest BCUT2D eigenvalue weighted by Crippen LogP contribution is -2.22. The van der Waals surface area contributed by atoms with Gasteiger partial charge in [0.15, 0.2) is 0 Å². The lowest BCUT2D eigenvalue weighted by Gasteiger charge is -2.18. The molecule has 0 saturated carbocycles. The minimum atomic E-state index is -0.500. The Labute approximate surface area is 112 Å². The van der Waals surface area contributed by atoms with Gasteiger partial charge in [0.25, 0.3) is 0 Å². The summed E-state index contributed by atoms with van der Waals surface area (Å²) in [5.41, 5.74) is 1.56. The van der Waals surface area contributed by atoms with E-state index in [1.807, 2.05) is 6.92 Å². The van der Waals surface area contributed by atoms with Crippen LogP contribution in [0, 0.1) is 0 Å². The Morgan fingerprint density at radius 3 is 2.37 bits per heavy atom. The quantitative estimate of drug-likeness (QED) is 0.781. The number of ether oxygens (including phenoxy) is 2. The smallest absolute Gasteiger partial charge is 0.237 e. The Morgan fingerprint density at radius 1 is 1.05 bits per heavy atom. The first-order chi connectivity index (χ1) is 9.12. The number of methoxy groups -OCH3 is 2. The Balaban J connectivity index is 2.64. The van der Waals surface area contributed by atoms with Gasteiger partial charge in [0.05, 0.1) is 19.8 Å². The van der Waals surface area contributed by atoms with Gasteiger partial charge >= 0.3 is 0 Å². The van der Waals surface area contributed by atoms with Crippen molar-refractivity contribution in [1.29, 1.82) is 0 Å². The molecule has 4 nitrogen and oxygen atoms in total. The maximum absolute atomic E-state index is 12.2. The van der Waals surface area contributed by atoms with Crippen LogP contribution in [0.25, 0.3) is 6.08 Å². The van der Waals surface area contributed by atoms with Crippen LogP contribution < -0.4 is 9.47 Å². The van der Waals surface area contributed by atoms with E-state index in [-0.39, 0.29) is 0 Å². The molecule has 0 atom stereocenters. The number of Topliss-reactive ketones (excluding diaryl/α,β-unsaturated/α-hetero) is 2. The highest BCUT2D eigenvalue weighted by molar-refractivity contribution is 6.52. The molecule has 0 heterocycles. The highest BCUT2D eigenvalue weighted by Crippen LogP contribution is 2.34. The molecule has 0 N–H and O–H groups in total. The molecule has 100 valence electrons. The zero-order valence-corrected chi connectivity index (χ0v) is 11.3. The molecule has 0 fully saturated rings. The van der Waals surface area contributed by atoms with E-state index in [0.717, 1.165) is 6.42 Å². The third-order valence-corrected chi connectivity index (χ3v) is 3.14. The molecule has 19 heavy (non-hydrogen) atoms. The first-order valence-corrected chi connectivity index (χ1v) is 6.18. The topological polar surface area (TPSA) is 52.6 Å². The lowest BCUT2D eigenvalue weighted by molar-refractivity contribution is -0.112. The molecule has 0 radical (unpaired) electrons. The highest BCUT2D eigenvalue weighted by Gasteiger charge is 2.30. The summed E-state index contributed by atoms with van der Waals surface area (Å²) in [6.07, 6.45) is 3.18. The summed E-state index contributed by atoms with van der Waals surface area (Å²) in [6.45, 7) is 1.97. The van der Waals surface area contributed by atoms with Gasteiger partial charge in [-0.25, -0.2) is 0 Å². The van der Waals surface area contributed by atoms with Crippen LogP contribution >= 0.6 is 0 Å². The van der Waals surface area contributed by atoms with Crippen LogP contribution in [0.4, 0.5) is 0 Å². The second-order valence-corrected chi connectivity index (χ2v) is 4.37. The van der Waals surface area contributed by atoms with Gasteiger partial charge < -0.3 is 9.47 Å². The summed E-state index contributed by atoms with van der Waals surface area (Å²) in [6, 6.07) is 3.36. The van der Waals surface area contributed by atoms with Crippen molar-refractivity contribution in [2.75, 3.05) is 14.2 Å². The summed E-state index contributed by atoms with van der Waals surface area (Å²) < 4.78 is 10.4. The minimum Gasteiger partial charge on any atom is -0.497 e. The molecule has 1 aromatic rings. The number of rotatable bonds is 4. The van der Waals surface area contributed by atoms with Crippen LogP contribution in [0.2, 0.25) is 0 Å². The first kappa shape index (κ1) is 13.3. The summed E-state index contributed by atoms with van der Waals surface area (Å²) in [5.74, 6) is 0.0441. The van der Waals surface area contributed by atoms with Crippen LogP contribution in [0.3, 0.4) is 0 Å². The molecule has 1 aliphatic carbocycles. The van der Waals surface area contributed by atoms with Gasteiger partial charge in [0.1, 0.15) is 11.5 Å². The Morgan fingerprint density at radius 2 is 1.79 bits per heavy atom. The van der Waals surface area contributed by atoms with Gasteiger partial charge in [-0.2, -0.15) is 0 Å². The lowest BCUT2D eigenvalue weighted by atomic mass is 9.87. The number of ketones is 2.